The summed E-state index contributed by atoms with van der Waals surface area (Å²) < 4.78 is 8.34. The third-order valence-corrected chi connectivity index (χ3v) is 0. The first-order chi connectivity index (χ1) is 14.9. The second-order valence-electron chi connectivity index (χ2n) is 1.79. The average molecular weight is 891 g/mol. The summed E-state index contributed by atoms with van der Waals surface area (Å²) in [7, 11) is 0. The summed E-state index contributed by atoms with van der Waals surface area (Å²) in [6, 6.07) is 0. The van der Waals surface area contributed by atoms with E-state index in [-0.39, 0.29) is 91.2 Å². The molecule has 0 unspecified atom stereocenters. The van der Waals surface area contributed by atoms with E-state index < -0.39 is 40.7 Å². The maximum Gasteiger partial charge on any atom is 3.00 e. The van der Waals surface area contributed by atoms with Crippen LogP contribution in [0, 0.1) is 164 Å². The molecule has 0 aromatic rings. The van der Waals surface area contributed by atoms with Crippen molar-refractivity contribution in [2.24, 2.45) is 0 Å². The third-order valence-electron chi connectivity index (χ3n) is 0. The second kappa shape index (κ2) is 76.6. The average Bonchev–Trinajstić information content (AvgIpc) is 2.43. The molecular formula is CeCoN8O25YZr. The first kappa shape index (κ1) is 76.5. The molecule has 0 spiro atoms. The van der Waals surface area contributed by atoms with Crippen LogP contribution in [0.1, 0.15) is 0 Å². The quantitative estimate of drug-likeness (QED) is 0.187. The molecule has 2 radical (unpaired) electrons. The fraction of sp³-hybridized carbons (Fsp3) is 0. The molecule has 0 aliphatic rings. The van der Waals surface area contributed by atoms with E-state index in [9.17, 15) is 0 Å². The van der Waals surface area contributed by atoms with Crippen LogP contribution in [-0.2, 0) is 77.0 Å². The van der Waals surface area contributed by atoms with E-state index in [0.717, 1.165) is 0 Å². The monoisotopic (exact) mass is 890 g/mol. The van der Waals surface area contributed by atoms with Gasteiger partial charge in [0, 0.05) is 0 Å². The molecule has 0 aliphatic carbocycles. The smallest absolute Gasteiger partial charge is 3.00 e. The molecule has 0 atom stereocenters. The van der Waals surface area contributed by atoms with Crippen molar-refractivity contribution in [3.8, 4) is 0 Å². The van der Waals surface area contributed by atoms with Gasteiger partial charge in [-0.05, 0) is 0 Å². The molecule has 0 fully saturated rings. The van der Waals surface area contributed by atoms with Crippen molar-refractivity contribution in [2.75, 3.05) is 0 Å². The Bertz CT molecular complexity index is 395. The summed E-state index contributed by atoms with van der Waals surface area (Å²) in [6.45, 7) is 0. The Morgan fingerprint density at radius 2 is 0.297 bits per heavy atom. The van der Waals surface area contributed by atoms with Crippen LogP contribution in [0.2, 0.25) is 0 Å². The molecule has 37 heteroatoms. The first-order valence-corrected chi connectivity index (χ1v) is 5.59. The molecule has 210 valence electrons. The van der Waals surface area contributed by atoms with E-state index in [1.54, 1.807) is 0 Å². The van der Waals surface area contributed by atoms with Gasteiger partial charge in [0.25, 0.3) is 0 Å². The molecule has 0 aliphatic heterocycles. The van der Waals surface area contributed by atoms with Crippen molar-refractivity contribution < 1.29 is 159 Å². The molecular weight excluding hydrogens is 891 g/mol. The van der Waals surface area contributed by atoms with Gasteiger partial charge in [-0.25, -0.2) is 0 Å². The maximum absolute atomic E-state index is 8.34. The molecule has 0 saturated carbocycles. The van der Waals surface area contributed by atoms with Crippen LogP contribution in [0.3, 0.4) is 0 Å². The van der Waals surface area contributed by atoms with Gasteiger partial charge in [-0.3, -0.25) is 0 Å². The molecule has 0 bridgehead atoms. The topological polar surface area (TPSA) is 547 Å². The summed E-state index contributed by atoms with van der Waals surface area (Å²) in [6.07, 6.45) is 0. The van der Waals surface area contributed by atoms with Crippen molar-refractivity contribution in [2.45, 2.75) is 0 Å². The van der Waals surface area contributed by atoms with Crippen molar-refractivity contribution in [1.29, 1.82) is 0 Å². The third kappa shape index (κ3) is 4370. The Morgan fingerprint density at radius 1 is 0.297 bits per heavy atom. The Balaban J connectivity index is -0.0000000189. The number of hydrogen-bond acceptors (Lipinski definition) is 25. The summed E-state index contributed by atoms with van der Waals surface area (Å²) >= 11 is 0.300. The fourth-order valence-corrected chi connectivity index (χ4v) is 0. The Labute approximate surface area is 279 Å². The fourth-order valence-electron chi connectivity index (χ4n) is 0. The van der Waals surface area contributed by atoms with Gasteiger partial charge in [0.1, 0.15) is 0 Å². The van der Waals surface area contributed by atoms with E-state index in [2.05, 4.69) is 0 Å². The SMILES string of the molecule is O=[N+]([O-])[O-].O=[N+]([O-])[O-].O=[N+]([O-])[O-].O=[N+]([O-])[O-].O=[N+]([O-])[O-].O=[N+]([O-])[O-].O=[N+]([O-])[O-].O=[N+]([O-])[O-].[Ce+3].[Co+2].[O]=[Zr].[Y+3]. The number of nitrogens with zero attached hydrogens (tertiary/aromatic N) is 8. The summed E-state index contributed by atoms with van der Waals surface area (Å²) in [5.41, 5.74) is 0. The van der Waals surface area contributed by atoms with Crippen molar-refractivity contribution >= 4 is 0 Å². The molecule has 33 nitrogen and oxygen atoms in total. The number of hydrogen-bond donors (Lipinski definition) is 0. The largest absolute Gasteiger partial charge is 3.00 e. The molecule has 0 aromatic heterocycles. The van der Waals surface area contributed by atoms with E-state index >= 15 is 0 Å². The predicted octanol–water partition coefficient (Wildman–Crippen LogP) is -2.04. The van der Waals surface area contributed by atoms with E-state index in [4.69, 9.17) is 125 Å². The van der Waals surface area contributed by atoms with Crippen molar-refractivity contribution in [1.82, 2.24) is 0 Å². The first-order valence-electron chi connectivity index (χ1n) is 4.59. The molecule has 0 N–H and O–H groups in total. The zero-order valence-corrected chi connectivity index (χ0v) is 25.2. The van der Waals surface area contributed by atoms with Crippen LogP contribution in [-0.4, -0.2) is 40.7 Å². The van der Waals surface area contributed by atoms with Gasteiger partial charge < -0.3 is 123 Å². The summed E-state index contributed by atoms with van der Waals surface area (Å²) in [4.78, 5) is 66.0. The van der Waals surface area contributed by atoms with Gasteiger partial charge in [-0.15, -0.1) is 0 Å². The minimum Gasteiger partial charge on any atom is 3.00 e. The minimum atomic E-state index is -1.75. The van der Waals surface area contributed by atoms with Gasteiger partial charge in [-0.1, -0.05) is 0 Å². The predicted molar refractivity (Wildman–Crippen MR) is 83.6 cm³/mol. The Kier molecular flexibility index (Phi) is 158. The van der Waals surface area contributed by atoms with Gasteiger partial charge >= 0.3 is 119 Å². The molecule has 0 heterocycles. The second-order valence-corrected chi connectivity index (χ2v) is 1.79. The summed E-state index contributed by atoms with van der Waals surface area (Å²) in [5, 5.41) is 118. The summed E-state index contributed by atoms with van der Waals surface area (Å²) in [5.74, 6) is 0. The Morgan fingerprint density at radius 3 is 0.297 bits per heavy atom. The standard InChI is InChI=1S/Ce.Co.8NO3.O.Y.Zr/c;;8*2-1(3)4;;;/q+3;+2;8*-1;;+3;. The molecule has 37 heavy (non-hydrogen) atoms. The van der Waals surface area contributed by atoms with Crippen molar-refractivity contribution in [3.63, 3.8) is 0 Å². The zero-order chi connectivity index (χ0) is 30.6. The minimum absolute atomic E-state index is 0. The van der Waals surface area contributed by atoms with Gasteiger partial charge in [0.2, 0.25) is 0 Å². The Hall–Kier alpha value is -2.73. The van der Waals surface area contributed by atoms with Crippen LogP contribution >= 0.6 is 0 Å². The van der Waals surface area contributed by atoms with Crippen LogP contribution in [0.4, 0.5) is 0 Å². The number of rotatable bonds is 0. The van der Waals surface area contributed by atoms with Crippen LogP contribution in [0.15, 0.2) is 0 Å². The molecule has 0 saturated heterocycles. The van der Waals surface area contributed by atoms with Gasteiger partial charge in [0.15, 0.2) is 0 Å². The van der Waals surface area contributed by atoms with E-state index in [0.29, 0.717) is 24.7 Å². The zero-order valence-electron chi connectivity index (χ0n) is 15.7. The van der Waals surface area contributed by atoms with Crippen LogP contribution in [0.25, 0.3) is 0 Å². The van der Waals surface area contributed by atoms with E-state index in [1.165, 1.54) is 0 Å². The normalized spacial score (nSPS) is 5.27. The van der Waals surface area contributed by atoms with Gasteiger partial charge in [-0.2, -0.15) is 0 Å². The maximum atomic E-state index is 8.34. The molecule has 0 aromatic carbocycles. The van der Waals surface area contributed by atoms with Crippen LogP contribution < -0.4 is 0 Å². The van der Waals surface area contributed by atoms with E-state index in [1.807, 2.05) is 0 Å². The van der Waals surface area contributed by atoms with Gasteiger partial charge in [0.05, 0.1) is 40.7 Å². The van der Waals surface area contributed by atoms with Crippen LogP contribution in [0.5, 0.6) is 0 Å². The van der Waals surface area contributed by atoms with Crippen molar-refractivity contribution in [3.05, 3.63) is 123 Å². The molecule has 0 rings (SSSR count). The molecule has 0 amide bonds.